The lowest BCUT2D eigenvalue weighted by molar-refractivity contribution is 0.337. The molecule has 5 nitrogen and oxygen atoms in total. The Bertz CT molecular complexity index is 379. The molecule has 6 heteroatoms. The second kappa shape index (κ2) is 6.75. The van der Waals surface area contributed by atoms with Crippen molar-refractivity contribution in [1.82, 2.24) is 14.9 Å². The third kappa shape index (κ3) is 3.71. The lowest BCUT2D eigenvalue weighted by Gasteiger charge is -2.14. The van der Waals surface area contributed by atoms with Gasteiger partial charge in [0.1, 0.15) is 10.8 Å². The van der Waals surface area contributed by atoms with Crippen LogP contribution in [0.5, 0.6) is 0 Å². The van der Waals surface area contributed by atoms with E-state index < -0.39 is 0 Å². The van der Waals surface area contributed by atoms with Crippen LogP contribution in [0.4, 0.5) is 11.8 Å². The lowest BCUT2D eigenvalue weighted by atomic mass is 10.4. The Kier molecular flexibility index (Phi) is 5.01. The summed E-state index contributed by atoms with van der Waals surface area (Å²) in [5.41, 5.74) is 0. The topological polar surface area (TPSA) is 53.1 Å². The summed E-state index contributed by atoms with van der Waals surface area (Å²) in [6.45, 7) is 4.53. The summed E-state index contributed by atoms with van der Waals surface area (Å²) < 4.78 is 0. The van der Waals surface area contributed by atoms with Gasteiger partial charge in [0.25, 0.3) is 0 Å². The van der Waals surface area contributed by atoms with E-state index in [1.165, 1.54) is 25.9 Å². The maximum absolute atomic E-state index is 6.03. The summed E-state index contributed by atoms with van der Waals surface area (Å²) in [7, 11) is 1.79. The smallest absolute Gasteiger partial charge is 0.224 e. The number of nitrogens with zero attached hydrogens (tertiary/aromatic N) is 3. The summed E-state index contributed by atoms with van der Waals surface area (Å²) in [5, 5.41) is 6.73. The molecule has 1 saturated heterocycles. The molecule has 0 saturated carbocycles. The van der Waals surface area contributed by atoms with Gasteiger partial charge in [-0.1, -0.05) is 11.6 Å². The van der Waals surface area contributed by atoms with Gasteiger partial charge < -0.3 is 15.5 Å². The van der Waals surface area contributed by atoms with Crippen molar-refractivity contribution in [3.8, 4) is 0 Å². The van der Waals surface area contributed by atoms with E-state index in [9.17, 15) is 0 Å². The fourth-order valence-corrected chi connectivity index (χ4v) is 2.29. The average molecular weight is 270 g/mol. The summed E-state index contributed by atoms with van der Waals surface area (Å²) in [6, 6.07) is 0. The first kappa shape index (κ1) is 13.4. The van der Waals surface area contributed by atoms with Gasteiger partial charge in [-0.05, 0) is 38.9 Å². The minimum atomic E-state index is 0.565. The molecular formula is C12H20ClN5. The van der Waals surface area contributed by atoms with Crippen LogP contribution in [0.15, 0.2) is 6.20 Å². The van der Waals surface area contributed by atoms with Gasteiger partial charge in [-0.25, -0.2) is 4.98 Å². The maximum Gasteiger partial charge on any atom is 0.224 e. The van der Waals surface area contributed by atoms with Crippen LogP contribution in [0.3, 0.4) is 0 Å². The standard InChI is InChI=1S/C12H20ClN5/c1-14-12-16-9-10(13)11(17-12)15-5-4-8-18-6-2-3-7-18/h9H,2-8H2,1H3,(H2,14,15,16,17). The van der Waals surface area contributed by atoms with Gasteiger partial charge in [0.2, 0.25) is 5.95 Å². The Balaban J connectivity index is 1.75. The zero-order valence-corrected chi connectivity index (χ0v) is 11.5. The Hall–Kier alpha value is -1.07. The number of rotatable bonds is 6. The van der Waals surface area contributed by atoms with Crippen LogP contribution < -0.4 is 10.6 Å². The normalized spacial score (nSPS) is 15.9. The van der Waals surface area contributed by atoms with E-state index in [0.717, 1.165) is 19.5 Å². The Labute approximate surface area is 113 Å². The number of anilines is 2. The molecule has 2 heterocycles. The first-order valence-electron chi connectivity index (χ1n) is 6.46. The quantitative estimate of drug-likeness (QED) is 0.775. The van der Waals surface area contributed by atoms with Crippen LogP contribution in [0, 0.1) is 0 Å². The highest BCUT2D eigenvalue weighted by Crippen LogP contribution is 2.19. The molecule has 1 aliphatic rings. The van der Waals surface area contributed by atoms with Gasteiger partial charge >= 0.3 is 0 Å². The number of likely N-dealkylation sites (tertiary alicyclic amines) is 1. The SMILES string of the molecule is CNc1ncc(Cl)c(NCCCN2CCCC2)n1. The Morgan fingerprint density at radius 1 is 1.39 bits per heavy atom. The molecule has 0 aromatic carbocycles. The third-order valence-corrected chi connectivity index (χ3v) is 3.39. The molecule has 100 valence electrons. The number of nitrogens with one attached hydrogen (secondary N) is 2. The van der Waals surface area contributed by atoms with Gasteiger partial charge in [-0.3, -0.25) is 0 Å². The molecule has 0 unspecified atom stereocenters. The largest absolute Gasteiger partial charge is 0.369 e. The van der Waals surface area contributed by atoms with E-state index >= 15 is 0 Å². The zero-order chi connectivity index (χ0) is 12.8. The van der Waals surface area contributed by atoms with Crippen molar-refractivity contribution in [2.75, 3.05) is 43.9 Å². The van der Waals surface area contributed by atoms with E-state index in [4.69, 9.17) is 11.6 Å². The average Bonchev–Trinajstić information content (AvgIpc) is 2.89. The second-order valence-corrected chi connectivity index (χ2v) is 4.88. The van der Waals surface area contributed by atoms with E-state index in [1.54, 1.807) is 13.2 Å². The van der Waals surface area contributed by atoms with E-state index in [1.807, 2.05) is 0 Å². The van der Waals surface area contributed by atoms with Crippen LogP contribution >= 0.6 is 11.6 Å². The van der Waals surface area contributed by atoms with Gasteiger partial charge in [-0.15, -0.1) is 0 Å². The van der Waals surface area contributed by atoms with E-state index in [2.05, 4.69) is 25.5 Å². The molecule has 0 spiro atoms. The first-order valence-corrected chi connectivity index (χ1v) is 6.84. The maximum atomic E-state index is 6.03. The lowest BCUT2D eigenvalue weighted by Crippen LogP contribution is -2.22. The van der Waals surface area contributed by atoms with Gasteiger partial charge in [0, 0.05) is 13.6 Å². The van der Waals surface area contributed by atoms with Crippen molar-refractivity contribution < 1.29 is 0 Å². The van der Waals surface area contributed by atoms with Crippen molar-refractivity contribution in [1.29, 1.82) is 0 Å². The van der Waals surface area contributed by atoms with Crippen molar-refractivity contribution >= 4 is 23.4 Å². The highest BCUT2D eigenvalue weighted by Gasteiger charge is 2.10. The minimum Gasteiger partial charge on any atom is -0.369 e. The van der Waals surface area contributed by atoms with Crippen LogP contribution in [0.2, 0.25) is 5.02 Å². The van der Waals surface area contributed by atoms with Gasteiger partial charge in [-0.2, -0.15) is 4.98 Å². The highest BCUT2D eigenvalue weighted by atomic mass is 35.5. The molecule has 0 bridgehead atoms. The summed E-state index contributed by atoms with van der Waals surface area (Å²) in [4.78, 5) is 10.8. The predicted octanol–water partition coefficient (Wildman–Crippen LogP) is 2.07. The Morgan fingerprint density at radius 2 is 2.17 bits per heavy atom. The second-order valence-electron chi connectivity index (χ2n) is 4.47. The first-order chi connectivity index (χ1) is 8.79. The van der Waals surface area contributed by atoms with E-state index in [0.29, 0.717) is 16.8 Å². The Morgan fingerprint density at radius 3 is 2.89 bits per heavy atom. The van der Waals surface area contributed by atoms with E-state index in [-0.39, 0.29) is 0 Å². The fourth-order valence-electron chi connectivity index (χ4n) is 2.13. The van der Waals surface area contributed by atoms with Crippen LogP contribution in [0.25, 0.3) is 0 Å². The monoisotopic (exact) mass is 269 g/mol. The highest BCUT2D eigenvalue weighted by molar-refractivity contribution is 6.32. The summed E-state index contributed by atoms with van der Waals surface area (Å²) in [6.07, 6.45) is 5.41. The molecule has 2 rings (SSSR count). The molecule has 2 N–H and O–H groups in total. The molecule has 0 atom stereocenters. The summed E-state index contributed by atoms with van der Waals surface area (Å²) in [5.74, 6) is 1.29. The fraction of sp³-hybridized carbons (Fsp3) is 0.667. The molecule has 0 amide bonds. The van der Waals surface area contributed by atoms with Crippen molar-refractivity contribution in [3.63, 3.8) is 0 Å². The predicted molar refractivity (Wildman–Crippen MR) is 75.4 cm³/mol. The van der Waals surface area contributed by atoms with Gasteiger partial charge in [0.05, 0.1) is 6.20 Å². The molecule has 1 fully saturated rings. The molecule has 1 aromatic heterocycles. The van der Waals surface area contributed by atoms with Crippen molar-refractivity contribution in [2.45, 2.75) is 19.3 Å². The number of hydrogen-bond acceptors (Lipinski definition) is 5. The molecule has 18 heavy (non-hydrogen) atoms. The molecular weight excluding hydrogens is 250 g/mol. The minimum absolute atomic E-state index is 0.565. The van der Waals surface area contributed by atoms with Crippen LogP contribution in [-0.2, 0) is 0 Å². The van der Waals surface area contributed by atoms with Gasteiger partial charge in [0.15, 0.2) is 0 Å². The third-order valence-electron chi connectivity index (χ3n) is 3.11. The zero-order valence-electron chi connectivity index (χ0n) is 10.7. The van der Waals surface area contributed by atoms with Crippen LogP contribution in [0.1, 0.15) is 19.3 Å². The van der Waals surface area contributed by atoms with Crippen LogP contribution in [-0.4, -0.2) is 48.1 Å². The number of halogens is 1. The van der Waals surface area contributed by atoms with Crippen molar-refractivity contribution in [3.05, 3.63) is 11.2 Å². The summed E-state index contributed by atoms with van der Waals surface area (Å²) >= 11 is 6.03. The molecule has 1 aromatic rings. The van der Waals surface area contributed by atoms with Crippen molar-refractivity contribution in [2.24, 2.45) is 0 Å². The number of hydrogen-bond donors (Lipinski definition) is 2. The number of aromatic nitrogens is 2. The molecule has 0 aliphatic carbocycles. The molecule has 0 radical (unpaired) electrons. The molecule has 1 aliphatic heterocycles.